The molecule has 2 aliphatic heterocycles. The highest BCUT2D eigenvalue weighted by atomic mass is 35.5. The number of nitrogens with zero attached hydrogens (tertiary/aromatic N) is 2. The lowest BCUT2D eigenvalue weighted by atomic mass is 9.98. The highest BCUT2D eigenvalue weighted by molar-refractivity contribution is 6.32. The zero-order valence-corrected chi connectivity index (χ0v) is 8.94. The summed E-state index contributed by atoms with van der Waals surface area (Å²) in [5, 5.41) is 12.2. The monoisotopic (exact) mass is 229 g/mol. The smallest absolute Gasteiger partial charge is 0.156 e. The van der Waals surface area contributed by atoms with E-state index in [2.05, 4.69) is 15.5 Å². The Kier molecular flexibility index (Phi) is 1.94. The molecule has 0 spiro atoms. The molecule has 2 atom stereocenters. The van der Waals surface area contributed by atoms with E-state index >= 15 is 0 Å². The maximum absolute atomic E-state index is 6.03. The van der Waals surface area contributed by atoms with Crippen LogP contribution >= 0.6 is 23.2 Å². The van der Waals surface area contributed by atoms with E-state index in [9.17, 15) is 0 Å². The lowest BCUT2D eigenvalue weighted by Gasteiger charge is -2.24. The van der Waals surface area contributed by atoms with Crippen LogP contribution in [0.15, 0.2) is 0 Å². The molecular formula is C9H9Cl2N3. The normalized spacial score (nSPS) is 29.0. The minimum atomic E-state index is 0.337. The van der Waals surface area contributed by atoms with E-state index in [1.54, 1.807) is 0 Å². The van der Waals surface area contributed by atoms with Crippen molar-refractivity contribution in [2.75, 3.05) is 0 Å². The first-order chi connectivity index (χ1) is 6.75. The Morgan fingerprint density at radius 1 is 1.14 bits per heavy atom. The predicted octanol–water partition coefficient (Wildman–Crippen LogP) is 2.13. The quantitative estimate of drug-likeness (QED) is 0.741. The number of fused-ring (bicyclic) bond motifs is 4. The van der Waals surface area contributed by atoms with Gasteiger partial charge in [-0.15, -0.1) is 10.2 Å². The molecule has 14 heavy (non-hydrogen) atoms. The Morgan fingerprint density at radius 2 is 1.93 bits per heavy atom. The van der Waals surface area contributed by atoms with Gasteiger partial charge < -0.3 is 5.32 Å². The summed E-state index contributed by atoms with van der Waals surface area (Å²) in [6.45, 7) is 0. The second-order valence-electron chi connectivity index (χ2n) is 3.87. The van der Waals surface area contributed by atoms with Crippen LogP contribution < -0.4 is 5.32 Å². The molecule has 0 amide bonds. The van der Waals surface area contributed by atoms with Crippen molar-refractivity contribution >= 4 is 23.2 Å². The molecule has 2 aliphatic rings. The Balaban J connectivity index is 2.21. The van der Waals surface area contributed by atoms with Crippen molar-refractivity contribution in [2.24, 2.45) is 0 Å². The number of halogens is 2. The first-order valence-electron chi connectivity index (χ1n) is 4.72. The molecule has 2 unspecified atom stereocenters. The van der Waals surface area contributed by atoms with Crippen LogP contribution in [0.5, 0.6) is 0 Å². The number of hydrogen-bond acceptors (Lipinski definition) is 3. The third-order valence-corrected chi connectivity index (χ3v) is 3.64. The van der Waals surface area contributed by atoms with Gasteiger partial charge in [0.2, 0.25) is 0 Å². The zero-order chi connectivity index (χ0) is 9.71. The molecule has 3 rings (SSSR count). The molecule has 0 aromatic carbocycles. The number of hydrogen-bond donors (Lipinski definition) is 1. The minimum Gasteiger partial charge on any atom is -0.307 e. The van der Waals surface area contributed by atoms with Crippen molar-refractivity contribution in [1.29, 1.82) is 0 Å². The zero-order valence-electron chi connectivity index (χ0n) is 7.43. The molecule has 1 N–H and O–H groups in total. The maximum Gasteiger partial charge on any atom is 0.156 e. The molecule has 2 bridgehead atoms. The molecule has 74 valence electrons. The van der Waals surface area contributed by atoms with Crippen LogP contribution in [0, 0.1) is 0 Å². The summed E-state index contributed by atoms with van der Waals surface area (Å²) < 4.78 is 0. The summed E-state index contributed by atoms with van der Waals surface area (Å²) in [6.07, 6.45) is 3.24. The van der Waals surface area contributed by atoms with Crippen LogP contribution in [0.3, 0.4) is 0 Å². The van der Waals surface area contributed by atoms with Gasteiger partial charge in [-0.25, -0.2) is 0 Å². The fourth-order valence-corrected chi connectivity index (χ4v) is 2.94. The van der Waals surface area contributed by atoms with Gasteiger partial charge in [0.15, 0.2) is 10.3 Å². The van der Waals surface area contributed by atoms with Crippen LogP contribution in [-0.2, 0) is 6.42 Å². The molecule has 3 nitrogen and oxygen atoms in total. The Morgan fingerprint density at radius 3 is 2.79 bits per heavy atom. The summed E-state index contributed by atoms with van der Waals surface area (Å²) in [4.78, 5) is 0. The summed E-state index contributed by atoms with van der Waals surface area (Å²) in [7, 11) is 0. The van der Waals surface area contributed by atoms with E-state index in [4.69, 9.17) is 23.2 Å². The summed E-state index contributed by atoms with van der Waals surface area (Å²) in [5.74, 6) is 0. The van der Waals surface area contributed by atoms with E-state index in [1.807, 2.05) is 0 Å². The van der Waals surface area contributed by atoms with E-state index < -0.39 is 0 Å². The third kappa shape index (κ3) is 1.16. The number of aromatic nitrogens is 2. The summed E-state index contributed by atoms with van der Waals surface area (Å²) in [5.41, 5.74) is 2.17. The molecule has 1 aromatic rings. The topological polar surface area (TPSA) is 37.8 Å². The molecule has 1 aromatic heterocycles. The van der Waals surface area contributed by atoms with Gasteiger partial charge in [-0.1, -0.05) is 23.2 Å². The standard InChI is InChI=1S/C9H9Cl2N3/c10-8-5-3-4-1-2-6(12-4)7(5)9(11)14-13-8/h4,6,12H,1-3H2. The molecule has 0 radical (unpaired) electrons. The average Bonchev–Trinajstić information content (AvgIpc) is 2.54. The van der Waals surface area contributed by atoms with Gasteiger partial charge in [-0.05, 0) is 19.3 Å². The fourth-order valence-electron chi connectivity index (χ4n) is 2.44. The van der Waals surface area contributed by atoms with Crippen molar-refractivity contribution in [2.45, 2.75) is 31.3 Å². The van der Waals surface area contributed by atoms with Gasteiger partial charge in [0.25, 0.3) is 0 Å². The lowest BCUT2D eigenvalue weighted by molar-refractivity contribution is 0.511. The number of nitrogens with one attached hydrogen (secondary N) is 1. The van der Waals surface area contributed by atoms with Crippen LogP contribution in [0.4, 0.5) is 0 Å². The largest absolute Gasteiger partial charge is 0.307 e. The van der Waals surface area contributed by atoms with Crippen LogP contribution in [-0.4, -0.2) is 16.2 Å². The van der Waals surface area contributed by atoms with Crippen LogP contribution in [0.25, 0.3) is 0 Å². The second kappa shape index (κ2) is 3.05. The van der Waals surface area contributed by atoms with Gasteiger partial charge in [0, 0.05) is 23.2 Å². The van der Waals surface area contributed by atoms with Crippen molar-refractivity contribution in [3.8, 4) is 0 Å². The Labute approximate surface area is 91.8 Å². The van der Waals surface area contributed by atoms with Crippen molar-refractivity contribution in [3.05, 3.63) is 21.4 Å². The molecule has 1 saturated heterocycles. The predicted molar refractivity (Wildman–Crippen MR) is 54.7 cm³/mol. The second-order valence-corrected chi connectivity index (χ2v) is 4.59. The first-order valence-corrected chi connectivity index (χ1v) is 5.48. The lowest BCUT2D eigenvalue weighted by Crippen LogP contribution is -2.32. The molecule has 5 heteroatoms. The number of rotatable bonds is 0. The average molecular weight is 230 g/mol. The van der Waals surface area contributed by atoms with Gasteiger partial charge in [-0.2, -0.15) is 0 Å². The third-order valence-electron chi connectivity index (χ3n) is 3.06. The van der Waals surface area contributed by atoms with Gasteiger partial charge in [-0.3, -0.25) is 0 Å². The van der Waals surface area contributed by atoms with E-state index in [0.717, 1.165) is 24.0 Å². The molecule has 3 heterocycles. The van der Waals surface area contributed by atoms with E-state index in [0.29, 0.717) is 22.4 Å². The van der Waals surface area contributed by atoms with Gasteiger partial charge in [0.05, 0.1) is 0 Å². The molecule has 1 fully saturated rings. The highest BCUT2D eigenvalue weighted by Gasteiger charge is 2.35. The minimum absolute atomic E-state index is 0.337. The Bertz CT molecular complexity index is 394. The maximum atomic E-state index is 6.03. The SMILES string of the molecule is Clc1nnc(Cl)c2c1CC1CCC2N1. The van der Waals surface area contributed by atoms with Crippen molar-refractivity contribution in [1.82, 2.24) is 15.5 Å². The van der Waals surface area contributed by atoms with Crippen molar-refractivity contribution < 1.29 is 0 Å². The van der Waals surface area contributed by atoms with E-state index in [1.165, 1.54) is 6.42 Å². The van der Waals surface area contributed by atoms with Gasteiger partial charge in [0.1, 0.15) is 0 Å². The highest BCUT2D eigenvalue weighted by Crippen LogP contribution is 2.40. The van der Waals surface area contributed by atoms with Crippen LogP contribution in [0.2, 0.25) is 10.3 Å². The molecule has 0 saturated carbocycles. The van der Waals surface area contributed by atoms with Crippen molar-refractivity contribution in [3.63, 3.8) is 0 Å². The summed E-state index contributed by atoms with van der Waals surface area (Å²) in [6, 6.07) is 0.884. The fraction of sp³-hybridized carbons (Fsp3) is 0.556. The summed E-state index contributed by atoms with van der Waals surface area (Å²) >= 11 is 12.0. The first kappa shape index (κ1) is 8.89. The Hall–Kier alpha value is -0.380. The van der Waals surface area contributed by atoms with E-state index in [-0.39, 0.29) is 0 Å². The molecular weight excluding hydrogens is 221 g/mol. The molecule has 0 aliphatic carbocycles. The van der Waals surface area contributed by atoms with Crippen LogP contribution in [0.1, 0.15) is 30.0 Å². The van der Waals surface area contributed by atoms with Gasteiger partial charge >= 0.3 is 0 Å².